The van der Waals surface area contributed by atoms with E-state index in [2.05, 4.69) is 15.3 Å². The molecule has 6 nitrogen and oxygen atoms in total. The van der Waals surface area contributed by atoms with Crippen LogP contribution >= 0.6 is 11.3 Å². The topological polar surface area (TPSA) is 84.1 Å². The Kier molecular flexibility index (Phi) is 4.21. The smallest absolute Gasteiger partial charge is 0.340 e. The van der Waals surface area contributed by atoms with Crippen molar-refractivity contribution in [1.29, 1.82) is 0 Å². The quantitative estimate of drug-likeness (QED) is 0.821. The molecule has 2 N–H and O–H groups in total. The number of nitrogens with one attached hydrogen (secondary N) is 2. The molecule has 0 saturated heterocycles. The van der Waals surface area contributed by atoms with Crippen molar-refractivity contribution in [2.45, 2.75) is 39.5 Å². The molecule has 0 aromatic carbocycles. The van der Waals surface area contributed by atoms with E-state index in [9.17, 15) is 9.59 Å². The number of aryl methyl sites for hydroxylation is 1. The van der Waals surface area contributed by atoms with Crippen molar-refractivity contribution < 1.29 is 14.3 Å². The first kappa shape index (κ1) is 15.7. The second-order valence-electron chi connectivity index (χ2n) is 5.65. The van der Waals surface area contributed by atoms with E-state index < -0.39 is 5.97 Å². The highest BCUT2D eigenvalue weighted by Crippen LogP contribution is 2.40. The zero-order valence-corrected chi connectivity index (χ0v) is 14.2. The highest BCUT2D eigenvalue weighted by molar-refractivity contribution is 7.14. The molecule has 1 aliphatic carbocycles. The minimum Gasteiger partial charge on any atom is -0.462 e. The lowest BCUT2D eigenvalue weighted by atomic mass is 10.1. The molecular weight excluding hydrogens is 314 g/mol. The lowest BCUT2D eigenvalue weighted by Crippen LogP contribution is -2.14. The van der Waals surface area contributed by atoms with Crippen molar-refractivity contribution in [3.05, 3.63) is 33.6 Å². The first-order valence-corrected chi connectivity index (χ1v) is 8.52. The Morgan fingerprint density at radius 2 is 2.17 bits per heavy atom. The lowest BCUT2D eigenvalue weighted by molar-refractivity contribution is 0.0525. The van der Waals surface area contributed by atoms with Gasteiger partial charge >= 0.3 is 5.97 Å². The van der Waals surface area contributed by atoms with Gasteiger partial charge in [-0.3, -0.25) is 10.1 Å². The van der Waals surface area contributed by atoms with Gasteiger partial charge in [-0.1, -0.05) is 0 Å². The monoisotopic (exact) mass is 333 g/mol. The van der Waals surface area contributed by atoms with Gasteiger partial charge in [0.1, 0.15) is 5.69 Å². The van der Waals surface area contributed by atoms with Crippen LogP contribution < -0.4 is 5.32 Å². The van der Waals surface area contributed by atoms with Gasteiger partial charge in [-0.2, -0.15) is 0 Å². The number of carbonyl (C=O) groups excluding carboxylic acids is 2. The van der Waals surface area contributed by atoms with Gasteiger partial charge in [0.2, 0.25) is 0 Å². The summed E-state index contributed by atoms with van der Waals surface area (Å²) in [5.41, 5.74) is 3.07. The van der Waals surface area contributed by atoms with Crippen LogP contribution in [0.2, 0.25) is 0 Å². The fraction of sp³-hybridized carbons (Fsp3) is 0.438. The molecule has 0 aliphatic heterocycles. The van der Waals surface area contributed by atoms with E-state index >= 15 is 0 Å². The van der Waals surface area contributed by atoms with Crippen LogP contribution in [0, 0.1) is 13.8 Å². The first-order valence-electron chi connectivity index (χ1n) is 7.64. The standard InChI is InChI=1S/C16H19N3O3S/c1-4-22-15(21)12-8(2)13(17-9(12)3)14(20)19-16-18-11(7-23-16)10-5-6-10/h7,10,17H,4-6H2,1-3H3,(H,18,19,20). The van der Waals surface area contributed by atoms with E-state index in [0.29, 0.717) is 40.2 Å². The zero-order valence-electron chi connectivity index (χ0n) is 13.4. The Hall–Kier alpha value is -2.15. The van der Waals surface area contributed by atoms with Crippen LogP contribution in [0.15, 0.2) is 5.38 Å². The van der Waals surface area contributed by atoms with Crippen LogP contribution in [-0.2, 0) is 4.74 Å². The molecule has 0 spiro atoms. The molecule has 7 heteroatoms. The number of hydrogen-bond acceptors (Lipinski definition) is 5. The number of anilines is 1. The van der Waals surface area contributed by atoms with Crippen LogP contribution in [0.1, 0.15) is 63.5 Å². The summed E-state index contributed by atoms with van der Waals surface area (Å²) in [7, 11) is 0. The van der Waals surface area contributed by atoms with E-state index in [1.807, 2.05) is 5.38 Å². The third-order valence-corrected chi connectivity index (χ3v) is 4.66. The van der Waals surface area contributed by atoms with Gasteiger partial charge in [0.05, 0.1) is 17.9 Å². The summed E-state index contributed by atoms with van der Waals surface area (Å²) in [6, 6.07) is 0. The maximum atomic E-state index is 12.4. The summed E-state index contributed by atoms with van der Waals surface area (Å²) in [5.74, 6) is -0.150. The lowest BCUT2D eigenvalue weighted by Gasteiger charge is -2.03. The molecule has 1 fully saturated rings. The number of rotatable bonds is 5. The Bertz CT molecular complexity index is 759. The number of amides is 1. The number of aromatic nitrogens is 2. The van der Waals surface area contributed by atoms with Crippen LogP contribution in [-0.4, -0.2) is 28.5 Å². The highest BCUT2D eigenvalue weighted by atomic mass is 32.1. The van der Waals surface area contributed by atoms with E-state index in [1.54, 1.807) is 20.8 Å². The van der Waals surface area contributed by atoms with Crippen molar-refractivity contribution in [2.75, 3.05) is 11.9 Å². The van der Waals surface area contributed by atoms with Crippen molar-refractivity contribution in [1.82, 2.24) is 9.97 Å². The fourth-order valence-corrected chi connectivity index (χ4v) is 3.34. The second kappa shape index (κ2) is 6.16. The van der Waals surface area contributed by atoms with Gasteiger partial charge < -0.3 is 9.72 Å². The fourth-order valence-electron chi connectivity index (χ4n) is 2.56. The molecule has 2 aromatic rings. The van der Waals surface area contributed by atoms with Crippen molar-refractivity contribution >= 4 is 28.3 Å². The van der Waals surface area contributed by atoms with Crippen molar-refractivity contribution in [3.63, 3.8) is 0 Å². The number of aromatic amines is 1. The molecule has 0 bridgehead atoms. The Balaban J connectivity index is 1.78. The van der Waals surface area contributed by atoms with Crippen LogP contribution in [0.5, 0.6) is 0 Å². The molecule has 23 heavy (non-hydrogen) atoms. The number of carbonyl (C=O) groups is 2. The molecule has 122 valence electrons. The molecule has 1 saturated carbocycles. The predicted octanol–water partition coefficient (Wildman–Crippen LogP) is 3.39. The van der Waals surface area contributed by atoms with E-state index in [0.717, 1.165) is 5.69 Å². The van der Waals surface area contributed by atoms with Crippen molar-refractivity contribution in [2.24, 2.45) is 0 Å². The molecule has 0 radical (unpaired) electrons. The summed E-state index contributed by atoms with van der Waals surface area (Å²) >= 11 is 1.42. The second-order valence-corrected chi connectivity index (χ2v) is 6.51. The molecule has 1 amide bonds. The molecular formula is C16H19N3O3S. The number of nitrogens with zero attached hydrogens (tertiary/aromatic N) is 1. The van der Waals surface area contributed by atoms with Gasteiger partial charge in [0, 0.05) is 17.0 Å². The van der Waals surface area contributed by atoms with Gasteiger partial charge in [0.15, 0.2) is 5.13 Å². The normalized spacial score (nSPS) is 13.9. The zero-order chi connectivity index (χ0) is 16.6. The van der Waals surface area contributed by atoms with Gasteiger partial charge in [-0.25, -0.2) is 9.78 Å². The molecule has 2 aromatic heterocycles. The van der Waals surface area contributed by atoms with Crippen molar-refractivity contribution in [3.8, 4) is 0 Å². The number of H-pyrrole nitrogens is 1. The molecule has 3 rings (SSSR count). The minimum atomic E-state index is -0.414. The Morgan fingerprint density at radius 3 is 2.83 bits per heavy atom. The van der Waals surface area contributed by atoms with Gasteiger partial charge in [-0.05, 0) is 39.2 Å². The molecule has 1 aliphatic rings. The third kappa shape index (κ3) is 3.14. The number of thiazole rings is 1. The molecule has 2 heterocycles. The Labute approximate surface area is 138 Å². The van der Waals surface area contributed by atoms with E-state index in [-0.39, 0.29) is 5.91 Å². The SMILES string of the molecule is CCOC(=O)c1c(C)[nH]c(C(=O)Nc2nc(C3CC3)cs2)c1C. The molecule has 0 unspecified atom stereocenters. The number of esters is 1. The Morgan fingerprint density at radius 1 is 1.43 bits per heavy atom. The van der Waals surface area contributed by atoms with Crippen LogP contribution in [0.4, 0.5) is 5.13 Å². The number of hydrogen-bond donors (Lipinski definition) is 2. The first-order chi connectivity index (χ1) is 11.0. The minimum absolute atomic E-state index is 0.294. The highest BCUT2D eigenvalue weighted by Gasteiger charge is 2.27. The largest absolute Gasteiger partial charge is 0.462 e. The van der Waals surface area contributed by atoms with E-state index in [1.165, 1.54) is 24.2 Å². The van der Waals surface area contributed by atoms with E-state index in [4.69, 9.17) is 4.74 Å². The van der Waals surface area contributed by atoms with Gasteiger partial charge in [0.25, 0.3) is 5.91 Å². The van der Waals surface area contributed by atoms with Crippen LogP contribution in [0.3, 0.4) is 0 Å². The predicted molar refractivity (Wildman–Crippen MR) is 88.3 cm³/mol. The summed E-state index contributed by atoms with van der Waals surface area (Å²) in [4.78, 5) is 31.8. The summed E-state index contributed by atoms with van der Waals surface area (Å²) in [6.45, 7) is 5.54. The van der Waals surface area contributed by atoms with Gasteiger partial charge in [-0.15, -0.1) is 11.3 Å². The number of ether oxygens (including phenoxy) is 1. The average Bonchev–Trinajstić information content (AvgIpc) is 3.17. The maximum absolute atomic E-state index is 12.4. The average molecular weight is 333 g/mol. The maximum Gasteiger partial charge on any atom is 0.340 e. The summed E-state index contributed by atoms with van der Waals surface area (Å²) in [5, 5.41) is 5.37. The third-order valence-electron chi connectivity index (χ3n) is 3.88. The van der Waals surface area contributed by atoms with Crippen LogP contribution in [0.25, 0.3) is 0 Å². The molecule has 0 atom stereocenters. The summed E-state index contributed by atoms with van der Waals surface area (Å²) in [6.07, 6.45) is 2.35. The summed E-state index contributed by atoms with van der Waals surface area (Å²) < 4.78 is 5.04.